The number of piperazine rings is 1. The van der Waals surface area contributed by atoms with Crippen LogP contribution >= 0.6 is 11.8 Å². The van der Waals surface area contributed by atoms with Gasteiger partial charge in [-0.3, -0.25) is 14.3 Å². The first-order chi connectivity index (χ1) is 16.7. The van der Waals surface area contributed by atoms with E-state index in [0.717, 1.165) is 62.3 Å². The molecule has 1 aromatic carbocycles. The van der Waals surface area contributed by atoms with Crippen LogP contribution < -0.4 is 0 Å². The Balaban J connectivity index is 1.23. The van der Waals surface area contributed by atoms with Crippen molar-refractivity contribution in [2.45, 2.75) is 62.0 Å². The molecule has 34 heavy (non-hydrogen) atoms. The van der Waals surface area contributed by atoms with Crippen LogP contribution in [0.3, 0.4) is 0 Å². The fourth-order valence-corrected chi connectivity index (χ4v) is 6.04. The first-order valence-corrected chi connectivity index (χ1v) is 13.3. The summed E-state index contributed by atoms with van der Waals surface area (Å²) < 4.78 is 7.88. The summed E-state index contributed by atoms with van der Waals surface area (Å²) in [5.41, 5.74) is 1.32. The maximum Gasteiger partial charge on any atom is 0.235 e. The lowest BCUT2D eigenvalue weighted by atomic mass is 9.95. The van der Waals surface area contributed by atoms with Gasteiger partial charge in [0.1, 0.15) is 0 Å². The highest BCUT2D eigenvalue weighted by molar-refractivity contribution is 8.00. The van der Waals surface area contributed by atoms with Gasteiger partial charge in [-0.15, -0.1) is 10.2 Å². The molecule has 3 aromatic rings. The average Bonchev–Trinajstić information content (AvgIpc) is 3.55. The minimum Gasteiger partial charge on any atom is -0.461 e. The second-order valence-electron chi connectivity index (χ2n) is 9.29. The van der Waals surface area contributed by atoms with Crippen LogP contribution in [0.5, 0.6) is 0 Å². The summed E-state index contributed by atoms with van der Waals surface area (Å²) in [6, 6.07) is 14.7. The first kappa shape index (κ1) is 23.2. The lowest BCUT2D eigenvalue weighted by molar-refractivity contribution is -0.132. The highest BCUT2D eigenvalue weighted by atomic mass is 32.2. The molecule has 1 saturated heterocycles. The molecule has 2 aromatic heterocycles. The Labute approximate surface area is 205 Å². The second-order valence-corrected chi connectivity index (χ2v) is 10.6. The third-order valence-electron chi connectivity index (χ3n) is 6.91. The quantitative estimate of drug-likeness (QED) is 0.451. The zero-order valence-corrected chi connectivity index (χ0v) is 20.6. The molecule has 5 rings (SSSR count). The van der Waals surface area contributed by atoms with Crippen molar-refractivity contribution in [3.05, 3.63) is 54.3 Å². The predicted octanol–water partition coefficient (Wildman–Crippen LogP) is 4.87. The molecule has 1 aliphatic carbocycles. The van der Waals surface area contributed by atoms with E-state index >= 15 is 0 Å². The van der Waals surface area contributed by atoms with E-state index in [1.165, 1.54) is 36.6 Å². The van der Waals surface area contributed by atoms with Gasteiger partial charge >= 0.3 is 0 Å². The highest BCUT2D eigenvalue weighted by Crippen LogP contribution is 2.37. The van der Waals surface area contributed by atoms with E-state index in [9.17, 15) is 4.79 Å². The zero-order valence-electron chi connectivity index (χ0n) is 19.8. The number of hydrogen-bond donors (Lipinski definition) is 0. The van der Waals surface area contributed by atoms with Gasteiger partial charge in [-0.2, -0.15) is 0 Å². The Bertz CT molecular complexity index is 1050. The second kappa shape index (κ2) is 10.8. The van der Waals surface area contributed by atoms with Gasteiger partial charge in [0.2, 0.25) is 11.7 Å². The van der Waals surface area contributed by atoms with Crippen molar-refractivity contribution in [2.24, 2.45) is 0 Å². The van der Waals surface area contributed by atoms with E-state index in [0.29, 0.717) is 6.04 Å². The molecular formula is C26H33N5O2S. The van der Waals surface area contributed by atoms with Gasteiger partial charge in [-0.05, 0) is 37.5 Å². The summed E-state index contributed by atoms with van der Waals surface area (Å²) in [5, 5.41) is 9.60. The minimum absolute atomic E-state index is 0.183. The standard InChI is InChI=1S/C26H33N5O2S/c1-20(25(32)30-16-14-29(15-17-30)19-21-9-4-2-5-10-21)34-26-28-27-24(23-13-8-18-33-23)31(26)22-11-6-3-7-12-22/h2,4-5,8-10,13,18,20,22H,3,6-7,11-12,14-17,19H2,1H3. The molecule has 2 fully saturated rings. The van der Waals surface area contributed by atoms with Crippen LogP contribution in [0.15, 0.2) is 58.3 Å². The molecule has 1 saturated carbocycles. The number of amides is 1. The monoisotopic (exact) mass is 479 g/mol. The van der Waals surface area contributed by atoms with Crippen molar-refractivity contribution in [1.29, 1.82) is 0 Å². The third-order valence-corrected chi connectivity index (χ3v) is 7.95. The normalized spacial score (nSPS) is 18.8. The summed E-state index contributed by atoms with van der Waals surface area (Å²) in [6.07, 6.45) is 7.61. The number of carbonyl (C=O) groups is 1. The number of furan rings is 1. The number of carbonyl (C=O) groups excluding carboxylic acids is 1. The minimum atomic E-state index is -0.211. The molecule has 8 heteroatoms. The van der Waals surface area contributed by atoms with E-state index in [1.54, 1.807) is 6.26 Å². The Hall–Kier alpha value is -2.58. The van der Waals surface area contributed by atoms with Gasteiger partial charge in [0.25, 0.3) is 0 Å². The van der Waals surface area contributed by atoms with Crippen LogP contribution in [0.2, 0.25) is 0 Å². The summed E-state index contributed by atoms with van der Waals surface area (Å²) in [6.45, 7) is 6.27. The van der Waals surface area contributed by atoms with E-state index in [1.807, 2.05) is 30.0 Å². The largest absolute Gasteiger partial charge is 0.461 e. The van der Waals surface area contributed by atoms with Crippen molar-refractivity contribution in [2.75, 3.05) is 26.2 Å². The van der Waals surface area contributed by atoms with E-state index in [2.05, 4.69) is 43.9 Å². The molecule has 0 spiro atoms. The molecule has 0 radical (unpaired) electrons. The highest BCUT2D eigenvalue weighted by Gasteiger charge is 2.30. The number of aromatic nitrogens is 3. The predicted molar refractivity (Wildman–Crippen MR) is 133 cm³/mol. The molecule has 0 N–H and O–H groups in total. The van der Waals surface area contributed by atoms with Crippen LogP contribution in [0.4, 0.5) is 0 Å². The SMILES string of the molecule is CC(Sc1nnc(-c2ccco2)n1C1CCCCC1)C(=O)N1CCN(Cc2ccccc2)CC1. The molecular weight excluding hydrogens is 446 g/mol. The van der Waals surface area contributed by atoms with Gasteiger partial charge in [0.15, 0.2) is 10.9 Å². The van der Waals surface area contributed by atoms with Crippen molar-refractivity contribution in [3.8, 4) is 11.6 Å². The van der Waals surface area contributed by atoms with Crippen LogP contribution in [0.1, 0.15) is 50.6 Å². The lowest BCUT2D eigenvalue weighted by Crippen LogP contribution is -2.50. The number of rotatable bonds is 7. The van der Waals surface area contributed by atoms with Gasteiger partial charge < -0.3 is 9.32 Å². The summed E-state index contributed by atoms with van der Waals surface area (Å²) in [7, 11) is 0. The molecule has 3 heterocycles. The van der Waals surface area contributed by atoms with Crippen LogP contribution in [0, 0.1) is 0 Å². The number of benzene rings is 1. The van der Waals surface area contributed by atoms with Crippen LogP contribution in [-0.2, 0) is 11.3 Å². The molecule has 0 bridgehead atoms. The number of thioether (sulfide) groups is 1. The fourth-order valence-electron chi connectivity index (χ4n) is 5.03. The average molecular weight is 480 g/mol. The molecule has 1 amide bonds. The Morgan fingerprint density at radius 3 is 2.50 bits per heavy atom. The zero-order chi connectivity index (χ0) is 23.3. The molecule has 2 aliphatic rings. The van der Waals surface area contributed by atoms with Gasteiger partial charge in [-0.1, -0.05) is 61.4 Å². The maximum absolute atomic E-state index is 13.3. The van der Waals surface area contributed by atoms with E-state index < -0.39 is 0 Å². The van der Waals surface area contributed by atoms with Crippen molar-refractivity contribution in [1.82, 2.24) is 24.6 Å². The molecule has 7 nitrogen and oxygen atoms in total. The van der Waals surface area contributed by atoms with E-state index in [-0.39, 0.29) is 11.2 Å². The summed E-state index contributed by atoms with van der Waals surface area (Å²) in [5.74, 6) is 1.69. The van der Waals surface area contributed by atoms with Gasteiger partial charge in [0, 0.05) is 38.8 Å². The van der Waals surface area contributed by atoms with Gasteiger partial charge in [0.05, 0.1) is 11.5 Å². The van der Waals surface area contributed by atoms with Crippen LogP contribution in [0.25, 0.3) is 11.6 Å². The fraction of sp³-hybridized carbons (Fsp3) is 0.500. The first-order valence-electron chi connectivity index (χ1n) is 12.4. The van der Waals surface area contributed by atoms with Crippen molar-refractivity contribution in [3.63, 3.8) is 0 Å². The maximum atomic E-state index is 13.3. The lowest BCUT2D eigenvalue weighted by Gasteiger charge is -2.36. The Morgan fingerprint density at radius 2 is 1.79 bits per heavy atom. The molecule has 180 valence electrons. The summed E-state index contributed by atoms with van der Waals surface area (Å²) in [4.78, 5) is 17.7. The number of hydrogen-bond acceptors (Lipinski definition) is 6. The molecule has 1 atom stereocenters. The van der Waals surface area contributed by atoms with Gasteiger partial charge in [-0.25, -0.2) is 0 Å². The topological polar surface area (TPSA) is 67.4 Å². The Morgan fingerprint density at radius 1 is 1.03 bits per heavy atom. The van der Waals surface area contributed by atoms with Crippen molar-refractivity contribution < 1.29 is 9.21 Å². The Kier molecular flexibility index (Phi) is 7.35. The van der Waals surface area contributed by atoms with Crippen LogP contribution in [-0.4, -0.2) is 61.9 Å². The van der Waals surface area contributed by atoms with Crippen molar-refractivity contribution >= 4 is 17.7 Å². The molecule has 1 aliphatic heterocycles. The number of nitrogens with zero attached hydrogens (tertiary/aromatic N) is 5. The summed E-state index contributed by atoms with van der Waals surface area (Å²) >= 11 is 1.53. The van der Waals surface area contributed by atoms with E-state index in [4.69, 9.17) is 4.42 Å². The molecule has 1 unspecified atom stereocenters. The third kappa shape index (κ3) is 5.23. The smallest absolute Gasteiger partial charge is 0.235 e.